The van der Waals surface area contributed by atoms with Gasteiger partial charge in [-0.1, -0.05) is 31.9 Å². The number of carbonyl (C=O) groups excluding carboxylic acids is 3. The van der Waals surface area contributed by atoms with E-state index in [4.69, 9.17) is 4.74 Å². The Kier molecular flexibility index (Phi) is 10.5. The average Bonchev–Trinajstić information content (AvgIpc) is 3.55. The van der Waals surface area contributed by atoms with Gasteiger partial charge in [0.25, 0.3) is 0 Å². The maximum Gasteiger partial charge on any atom is 0.247 e. The van der Waals surface area contributed by atoms with Gasteiger partial charge in [-0.05, 0) is 63.8 Å². The van der Waals surface area contributed by atoms with Crippen molar-refractivity contribution in [1.82, 2.24) is 9.80 Å². The van der Waals surface area contributed by atoms with Crippen molar-refractivity contribution < 1.29 is 24.2 Å². The molecule has 42 heavy (non-hydrogen) atoms. The first-order chi connectivity index (χ1) is 20.2. The van der Waals surface area contributed by atoms with Crippen LogP contribution in [-0.2, 0) is 14.4 Å². The van der Waals surface area contributed by atoms with Crippen LogP contribution in [0, 0.1) is 11.8 Å². The van der Waals surface area contributed by atoms with Crippen LogP contribution in [0.3, 0.4) is 0 Å². The van der Waals surface area contributed by atoms with Gasteiger partial charge in [-0.25, -0.2) is 0 Å². The molecule has 2 unspecified atom stereocenters. The number of fused-ring (bicyclic) bond motifs is 1. The lowest BCUT2D eigenvalue weighted by molar-refractivity contribution is -0.143. The number of amides is 3. The standard InChI is InChI=1S/C33H47N3O5S/c1-6-10-11-21-34(19-7-2)31(40)28-33-18-17-32(5,42-33)26(27(33)30(39)36(28)22-12-23-37)29(38)35(20-8-3)24-13-15-25(16-14-24)41-9-4/h7-8,13-16,26-28,37H,2-3,6,9-12,17-23H2,1,4-5H3/t26-,27+,28?,32+,33?/m1/s1. The Hall–Kier alpha value is -2.78. The highest BCUT2D eigenvalue weighted by molar-refractivity contribution is 8.02. The van der Waals surface area contributed by atoms with Crippen molar-refractivity contribution in [1.29, 1.82) is 0 Å². The number of anilines is 1. The summed E-state index contributed by atoms with van der Waals surface area (Å²) in [5.74, 6) is -0.804. The van der Waals surface area contributed by atoms with E-state index in [0.29, 0.717) is 39.1 Å². The molecule has 1 aromatic carbocycles. The summed E-state index contributed by atoms with van der Waals surface area (Å²) in [6.45, 7) is 16.0. The van der Waals surface area contributed by atoms with Crippen LogP contribution in [0.1, 0.15) is 59.3 Å². The Labute approximate surface area is 255 Å². The summed E-state index contributed by atoms with van der Waals surface area (Å²) in [6, 6.07) is 6.75. The Morgan fingerprint density at radius 1 is 1.10 bits per heavy atom. The van der Waals surface area contributed by atoms with E-state index in [-0.39, 0.29) is 30.9 Å². The van der Waals surface area contributed by atoms with Gasteiger partial charge in [0, 0.05) is 43.2 Å². The monoisotopic (exact) mass is 597 g/mol. The van der Waals surface area contributed by atoms with Crippen molar-refractivity contribution in [2.24, 2.45) is 11.8 Å². The van der Waals surface area contributed by atoms with E-state index >= 15 is 0 Å². The van der Waals surface area contributed by atoms with E-state index in [1.807, 2.05) is 36.1 Å². The van der Waals surface area contributed by atoms with E-state index in [9.17, 15) is 19.5 Å². The smallest absolute Gasteiger partial charge is 0.247 e. The molecule has 1 spiro atoms. The summed E-state index contributed by atoms with van der Waals surface area (Å²) in [5, 5.41) is 9.67. The minimum absolute atomic E-state index is 0.0703. The number of ether oxygens (including phenoxy) is 1. The molecular weight excluding hydrogens is 550 g/mol. The second-order valence-electron chi connectivity index (χ2n) is 11.8. The highest BCUT2D eigenvalue weighted by atomic mass is 32.2. The maximum absolute atomic E-state index is 14.5. The fourth-order valence-corrected chi connectivity index (χ4v) is 9.59. The molecule has 3 aliphatic rings. The van der Waals surface area contributed by atoms with Crippen LogP contribution in [0.5, 0.6) is 5.75 Å². The Morgan fingerprint density at radius 3 is 2.43 bits per heavy atom. The summed E-state index contributed by atoms with van der Waals surface area (Å²) >= 11 is 1.68. The average molecular weight is 598 g/mol. The second kappa shape index (κ2) is 13.7. The molecule has 2 bridgehead atoms. The van der Waals surface area contributed by atoms with Gasteiger partial charge in [-0.2, -0.15) is 0 Å². The van der Waals surface area contributed by atoms with Crippen LogP contribution >= 0.6 is 11.8 Å². The van der Waals surface area contributed by atoms with E-state index in [1.54, 1.807) is 33.7 Å². The number of unbranched alkanes of at least 4 members (excludes halogenated alkanes) is 2. The lowest BCUT2D eigenvalue weighted by Crippen LogP contribution is -2.55. The van der Waals surface area contributed by atoms with Crippen LogP contribution in [0.2, 0.25) is 0 Å². The summed E-state index contributed by atoms with van der Waals surface area (Å²) in [4.78, 5) is 48.5. The molecule has 1 N–H and O–H groups in total. The number of rotatable bonds is 16. The molecule has 3 saturated heterocycles. The normalized spacial score (nSPS) is 27.6. The van der Waals surface area contributed by atoms with Crippen molar-refractivity contribution in [2.45, 2.75) is 74.8 Å². The van der Waals surface area contributed by atoms with Crippen molar-refractivity contribution in [2.75, 3.05) is 44.3 Å². The van der Waals surface area contributed by atoms with E-state index in [0.717, 1.165) is 37.1 Å². The van der Waals surface area contributed by atoms with E-state index < -0.39 is 27.4 Å². The molecule has 0 aromatic heterocycles. The zero-order chi connectivity index (χ0) is 30.5. The number of thioether (sulfide) groups is 1. The predicted octanol–water partition coefficient (Wildman–Crippen LogP) is 4.67. The number of aliphatic hydroxyl groups is 1. The van der Waals surface area contributed by atoms with Gasteiger partial charge in [-0.3, -0.25) is 14.4 Å². The molecule has 4 rings (SSSR count). The van der Waals surface area contributed by atoms with Crippen LogP contribution in [-0.4, -0.2) is 87.6 Å². The third-order valence-electron chi connectivity index (χ3n) is 9.06. The molecular formula is C33H47N3O5S. The maximum atomic E-state index is 14.5. The van der Waals surface area contributed by atoms with Gasteiger partial charge >= 0.3 is 0 Å². The van der Waals surface area contributed by atoms with E-state index in [1.165, 1.54) is 0 Å². The zero-order valence-electron chi connectivity index (χ0n) is 25.4. The van der Waals surface area contributed by atoms with Crippen LogP contribution < -0.4 is 9.64 Å². The van der Waals surface area contributed by atoms with Gasteiger partial charge in [0.2, 0.25) is 17.7 Å². The number of benzene rings is 1. The van der Waals surface area contributed by atoms with Crippen molar-refractivity contribution in [3.8, 4) is 5.75 Å². The van der Waals surface area contributed by atoms with Gasteiger partial charge in [-0.15, -0.1) is 24.9 Å². The minimum atomic E-state index is -0.693. The fraction of sp³-hybridized carbons (Fsp3) is 0.606. The number of carbonyl (C=O) groups is 3. The summed E-state index contributed by atoms with van der Waals surface area (Å²) in [6.07, 6.45) is 8.21. The minimum Gasteiger partial charge on any atom is -0.494 e. The van der Waals surface area contributed by atoms with E-state index in [2.05, 4.69) is 27.0 Å². The first-order valence-corrected chi connectivity index (χ1v) is 16.2. The first kappa shape index (κ1) is 32.1. The molecule has 9 heteroatoms. The molecule has 0 aliphatic carbocycles. The molecule has 3 amide bonds. The van der Waals surface area contributed by atoms with Crippen molar-refractivity contribution in [3.05, 3.63) is 49.6 Å². The summed E-state index contributed by atoms with van der Waals surface area (Å²) in [7, 11) is 0. The summed E-state index contributed by atoms with van der Waals surface area (Å²) < 4.78 is 4.43. The van der Waals surface area contributed by atoms with Gasteiger partial charge in [0.1, 0.15) is 11.8 Å². The van der Waals surface area contributed by atoms with Crippen molar-refractivity contribution in [3.63, 3.8) is 0 Å². The first-order valence-electron chi connectivity index (χ1n) is 15.4. The highest BCUT2D eigenvalue weighted by Gasteiger charge is 2.77. The van der Waals surface area contributed by atoms with Crippen molar-refractivity contribution >= 4 is 35.2 Å². The van der Waals surface area contributed by atoms with Gasteiger partial charge < -0.3 is 24.5 Å². The number of hydrogen-bond acceptors (Lipinski definition) is 6. The molecule has 230 valence electrons. The fourth-order valence-electron chi connectivity index (χ4n) is 7.24. The Balaban J connectivity index is 1.72. The Morgan fingerprint density at radius 2 is 1.81 bits per heavy atom. The number of hydrogen-bond donors (Lipinski definition) is 1. The highest BCUT2D eigenvalue weighted by Crippen LogP contribution is 2.71. The van der Waals surface area contributed by atoms with Crippen LogP contribution in [0.25, 0.3) is 0 Å². The summed E-state index contributed by atoms with van der Waals surface area (Å²) in [5.41, 5.74) is 0.720. The molecule has 3 heterocycles. The lowest BCUT2D eigenvalue weighted by atomic mass is 9.66. The largest absolute Gasteiger partial charge is 0.494 e. The third kappa shape index (κ3) is 5.74. The quantitative estimate of drug-likeness (QED) is 0.220. The third-order valence-corrected chi connectivity index (χ3v) is 11.0. The second-order valence-corrected chi connectivity index (χ2v) is 13.7. The van der Waals surface area contributed by atoms with Gasteiger partial charge in [0.15, 0.2) is 0 Å². The predicted molar refractivity (Wildman–Crippen MR) is 169 cm³/mol. The number of aliphatic hydroxyl groups excluding tert-OH is 1. The molecule has 8 nitrogen and oxygen atoms in total. The lowest BCUT2D eigenvalue weighted by Gasteiger charge is -2.38. The topological polar surface area (TPSA) is 90.4 Å². The molecule has 1 aromatic rings. The number of nitrogens with zero attached hydrogens (tertiary/aromatic N) is 3. The number of likely N-dealkylation sites (tertiary alicyclic amines) is 1. The molecule has 5 atom stereocenters. The van der Waals surface area contributed by atoms with Gasteiger partial charge in [0.05, 0.1) is 23.2 Å². The zero-order valence-corrected chi connectivity index (χ0v) is 26.2. The molecule has 3 fully saturated rings. The SMILES string of the molecule is C=CCN(CCCCC)C(=O)C1N(CCCO)C(=O)[C@@H]2[C@H](C(=O)N(CC=C)c3ccc(OCC)cc3)[C@]3(C)CCC12S3. The molecule has 0 saturated carbocycles. The van der Waals surface area contributed by atoms with Crippen LogP contribution in [0.4, 0.5) is 5.69 Å². The van der Waals surface area contributed by atoms with Crippen LogP contribution in [0.15, 0.2) is 49.6 Å². The molecule has 3 aliphatic heterocycles. The molecule has 0 radical (unpaired) electrons. The Bertz CT molecular complexity index is 1160.